The van der Waals surface area contributed by atoms with E-state index in [1.165, 1.54) is 12.1 Å². The second-order valence-electron chi connectivity index (χ2n) is 3.74. The molecule has 94 valence electrons. The number of hydrogen-bond acceptors (Lipinski definition) is 5. The molecule has 0 atom stereocenters. The van der Waals surface area contributed by atoms with E-state index in [4.69, 9.17) is 5.41 Å². The monoisotopic (exact) mass is 282 g/mol. The lowest BCUT2D eigenvalue weighted by atomic mass is 10.2. The maximum Gasteiger partial charge on any atom is 0.264 e. The number of benzene rings is 1. The fourth-order valence-electron chi connectivity index (χ4n) is 1.40. The van der Waals surface area contributed by atoms with E-state index in [1.54, 1.807) is 18.2 Å². The van der Waals surface area contributed by atoms with Crippen molar-refractivity contribution in [1.82, 2.24) is 5.32 Å². The molecule has 5 nitrogen and oxygen atoms in total. The number of amidine groups is 1. The largest absolute Gasteiger partial charge is 0.301 e. The van der Waals surface area contributed by atoms with E-state index in [-0.39, 0.29) is 16.0 Å². The van der Waals surface area contributed by atoms with Gasteiger partial charge in [-0.25, -0.2) is 8.42 Å². The standard InChI is InChI=1S/C11H10N2O3S2/c1-18(15,16)8-4-2-7(3-5-8)6-9-10(14)13-11(12)17-9/h2-6H,1H3,(H2,12,13,14). The third kappa shape index (κ3) is 2.80. The number of carbonyl (C=O) groups is 1. The van der Waals surface area contributed by atoms with Crippen molar-refractivity contribution in [2.24, 2.45) is 0 Å². The molecule has 1 amide bonds. The summed E-state index contributed by atoms with van der Waals surface area (Å²) in [7, 11) is -3.21. The SMILES string of the molecule is CS(=O)(=O)c1ccc(C=C2SC(=N)NC2=O)cc1. The number of nitrogens with one attached hydrogen (secondary N) is 2. The van der Waals surface area contributed by atoms with Crippen LogP contribution >= 0.6 is 11.8 Å². The molecule has 2 N–H and O–H groups in total. The summed E-state index contributed by atoms with van der Waals surface area (Å²) in [6.07, 6.45) is 2.76. The zero-order chi connectivity index (χ0) is 13.3. The molecule has 1 aliphatic heterocycles. The molecule has 1 fully saturated rings. The molecule has 7 heteroatoms. The van der Waals surface area contributed by atoms with Crippen molar-refractivity contribution in [2.75, 3.05) is 6.26 Å². The molecule has 0 unspecified atom stereocenters. The lowest BCUT2D eigenvalue weighted by Crippen LogP contribution is -2.18. The van der Waals surface area contributed by atoms with Crippen molar-refractivity contribution in [1.29, 1.82) is 5.41 Å². The van der Waals surface area contributed by atoms with Gasteiger partial charge in [-0.05, 0) is 35.5 Å². The minimum atomic E-state index is -3.21. The molecule has 1 heterocycles. The summed E-state index contributed by atoms with van der Waals surface area (Å²) in [5, 5.41) is 9.76. The average Bonchev–Trinajstić information content (AvgIpc) is 2.57. The summed E-state index contributed by atoms with van der Waals surface area (Å²) in [6.45, 7) is 0. The Morgan fingerprint density at radius 2 is 1.89 bits per heavy atom. The Hall–Kier alpha value is -1.60. The van der Waals surface area contributed by atoms with Crippen LogP contribution in [0.1, 0.15) is 5.56 Å². The Bertz CT molecular complexity index is 645. The fraction of sp³-hybridized carbons (Fsp3) is 0.0909. The van der Waals surface area contributed by atoms with Gasteiger partial charge < -0.3 is 5.32 Å². The van der Waals surface area contributed by atoms with Crippen LogP contribution in [0.3, 0.4) is 0 Å². The number of amides is 1. The summed E-state index contributed by atoms with van der Waals surface area (Å²) in [6, 6.07) is 6.23. The Balaban J connectivity index is 2.29. The van der Waals surface area contributed by atoms with Crippen molar-refractivity contribution >= 4 is 38.7 Å². The van der Waals surface area contributed by atoms with Gasteiger partial charge in [0.2, 0.25) is 0 Å². The van der Waals surface area contributed by atoms with Crippen LogP contribution in [-0.2, 0) is 14.6 Å². The molecule has 0 spiro atoms. The van der Waals surface area contributed by atoms with Crippen LogP contribution in [0.4, 0.5) is 0 Å². The highest BCUT2D eigenvalue weighted by molar-refractivity contribution is 8.18. The lowest BCUT2D eigenvalue weighted by molar-refractivity contribution is -0.115. The Labute approximate surface area is 109 Å². The van der Waals surface area contributed by atoms with Gasteiger partial charge in [0.1, 0.15) is 0 Å². The summed E-state index contributed by atoms with van der Waals surface area (Å²) in [4.78, 5) is 12.0. The Kier molecular flexibility index (Phi) is 3.27. The second-order valence-corrected chi connectivity index (χ2v) is 6.80. The van der Waals surface area contributed by atoms with Gasteiger partial charge in [-0.3, -0.25) is 10.2 Å². The van der Waals surface area contributed by atoms with E-state index >= 15 is 0 Å². The molecule has 2 rings (SSSR count). The molecular formula is C11H10N2O3S2. The van der Waals surface area contributed by atoms with Crippen LogP contribution in [-0.4, -0.2) is 25.7 Å². The predicted octanol–water partition coefficient (Wildman–Crippen LogP) is 1.23. The smallest absolute Gasteiger partial charge is 0.264 e. The van der Waals surface area contributed by atoms with Gasteiger partial charge in [0.15, 0.2) is 15.0 Å². The summed E-state index contributed by atoms with van der Waals surface area (Å²) in [5.41, 5.74) is 0.717. The normalized spacial score (nSPS) is 18.2. The van der Waals surface area contributed by atoms with Crippen LogP contribution < -0.4 is 5.32 Å². The van der Waals surface area contributed by atoms with Gasteiger partial charge in [-0.1, -0.05) is 12.1 Å². The van der Waals surface area contributed by atoms with E-state index in [2.05, 4.69) is 5.32 Å². The molecule has 1 saturated heterocycles. The second kappa shape index (κ2) is 4.58. The van der Waals surface area contributed by atoms with Gasteiger partial charge >= 0.3 is 0 Å². The molecule has 0 aromatic heterocycles. The summed E-state index contributed by atoms with van der Waals surface area (Å²) < 4.78 is 22.5. The highest BCUT2D eigenvalue weighted by Gasteiger charge is 2.22. The van der Waals surface area contributed by atoms with Crippen LogP contribution in [0.15, 0.2) is 34.1 Å². The first kappa shape index (κ1) is 12.8. The van der Waals surface area contributed by atoms with E-state index in [9.17, 15) is 13.2 Å². The molecule has 1 aromatic carbocycles. The maximum absolute atomic E-state index is 11.4. The summed E-state index contributed by atoms with van der Waals surface area (Å²) >= 11 is 1.04. The van der Waals surface area contributed by atoms with E-state index in [0.29, 0.717) is 4.91 Å². The van der Waals surface area contributed by atoms with Crippen molar-refractivity contribution in [2.45, 2.75) is 4.90 Å². The van der Waals surface area contributed by atoms with Crippen molar-refractivity contribution < 1.29 is 13.2 Å². The van der Waals surface area contributed by atoms with Gasteiger partial charge in [0, 0.05) is 6.26 Å². The molecule has 0 radical (unpaired) electrons. The quantitative estimate of drug-likeness (QED) is 0.799. The van der Waals surface area contributed by atoms with Crippen LogP contribution in [0.2, 0.25) is 0 Å². The Morgan fingerprint density at radius 1 is 1.28 bits per heavy atom. The van der Waals surface area contributed by atoms with Gasteiger partial charge in [-0.15, -0.1) is 0 Å². The fourth-order valence-corrected chi connectivity index (χ4v) is 2.74. The van der Waals surface area contributed by atoms with Crippen molar-refractivity contribution in [3.8, 4) is 0 Å². The topological polar surface area (TPSA) is 87.1 Å². The third-order valence-corrected chi connectivity index (χ3v) is 4.23. The highest BCUT2D eigenvalue weighted by atomic mass is 32.2. The van der Waals surface area contributed by atoms with Gasteiger partial charge in [-0.2, -0.15) is 0 Å². The molecule has 1 aliphatic rings. The van der Waals surface area contributed by atoms with Crippen LogP contribution in [0, 0.1) is 5.41 Å². The molecule has 0 saturated carbocycles. The zero-order valence-electron chi connectivity index (χ0n) is 9.43. The number of sulfone groups is 1. The first-order chi connectivity index (χ1) is 8.36. The minimum absolute atomic E-state index is 0.0963. The molecule has 1 aromatic rings. The first-order valence-corrected chi connectivity index (χ1v) is 7.66. The lowest BCUT2D eigenvalue weighted by Gasteiger charge is -1.99. The number of carbonyl (C=O) groups excluding carboxylic acids is 1. The van der Waals surface area contributed by atoms with Crippen molar-refractivity contribution in [3.63, 3.8) is 0 Å². The Morgan fingerprint density at radius 3 is 2.33 bits per heavy atom. The number of hydrogen-bond donors (Lipinski definition) is 2. The highest BCUT2D eigenvalue weighted by Crippen LogP contribution is 2.25. The molecule has 18 heavy (non-hydrogen) atoms. The van der Waals surface area contributed by atoms with E-state index in [1.807, 2.05) is 0 Å². The molecule has 0 aliphatic carbocycles. The number of rotatable bonds is 2. The maximum atomic E-state index is 11.4. The van der Waals surface area contributed by atoms with E-state index in [0.717, 1.165) is 23.6 Å². The molecule has 0 bridgehead atoms. The van der Waals surface area contributed by atoms with E-state index < -0.39 is 9.84 Å². The molecular weight excluding hydrogens is 272 g/mol. The average molecular weight is 282 g/mol. The van der Waals surface area contributed by atoms with Crippen molar-refractivity contribution in [3.05, 3.63) is 34.7 Å². The van der Waals surface area contributed by atoms with Gasteiger partial charge in [0.25, 0.3) is 5.91 Å². The summed E-state index contributed by atoms with van der Waals surface area (Å²) in [5.74, 6) is -0.308. The van der Waals surface area contributed by atoms with Crippen LogP contribution in [0.5, 0.6) is 0 Å². The van der Waals surface area contributed by atoms with Gasteiger partial charge in [0.05, 0.1) is 9.80 Å². The first-order valence-electron chi connectivity index (χ1n) is 4.96. The predicted molar refractivity (Wildman–Crippen MR) is 71.0 cm³/mol. The third-order valence-electron chi connectivity index (χ3n) is 2.27. The number of thioether (sulfide) groups is 1. The zero-order valence-corrected chi connectivity index (χ0v) is 11.1. The minimum Gasteiger partial charge on any atom is -0.301 e. The van der Waals surface area contributed by atoms with Crippen LogP contribution in [0.25, 0.3) is 6.08 Å².